The van der Waals surface area contributed by atoms with Gasteiger partial charge in [0.25, 0.3) is 11.5 Å². The van der Waals surface area contributed by atoms with E-state index in [2.05, 4.69) is 20.3 Å². The van der Waals surface area contributed by atoms with Gasteiger partial charge in [-0.3, -0.25) is 14.4 Å². The quantitative estimate of drug-likeness (QED) is 0.566. The molecule has 9 nitrogen and oxygen atoms in total. The fraction of sp³-hybridized carbons (Fsp3) is 0.389. The Morgan fingerprint density at radius 2 is 2.11 bits per heavy atom. The summed E-state index contributed by atoms with van der Waals surface area (Å²) in [5.74, 6) is -0.244. The maximum Gasteiger partial charge on any atom is 0.270 e. The maximum absolute atomic E-state index is 12.5. The summed E-state index contributed by atoms with van der Waals surface area (Å²) >= 11 is 1.58. The Hall–Kier alpha value is -3.01. The van der Waals surface area contributed by atoms with Crippen molar-refractivity contribution in [2.24, 2.45) is 5.73 Å². The summed E-state index contributed by atoms with van der Waals surface area (Å²) in [6, 6.07) is 0. The zero-order valence-electron chi connectivity index (χ0n) is 15.0. The first kappa shape index (κ1) is 18.4. The van der Waals surface area contributed by atoms with Crippen LogP contribution in [-0.4, -0.2) is 26.8 Å². The molecular weight excluding hydrogens is 382 g/mol. The second-order valence-corrected chi connectivity index (χ2v) is 7.75. The number of oxazole rings is 1. The summed E-state index contributed by atoms with van der Waals surface area (Å²) in [5.41, 5.74) is 6.12. The first-order valence-corrected chi connectivity index (χ1v) is 9.87. The highest BCUT2D eigenvalue weighted by molar-refractivity contribution is 7.18. The molecule has 0 fully saturated rings. The zero-order valence-corrected chi connectivity index (χ0v) is 15.9. The van der Waals surface area contributed by atoms with Gasteiger partial charge in [0.05, 0.1) is 11.9 Å². The van der Waals surface area contributed by atoms with Gasteiger partial charge in [0, 0.05) is 17.7 Å². The van der Waals surface area contributed by atoms with Gasteiger partial charge in [0.15, 0.2) is 5.69 Å². The van der Waals surface area contributed by atoms with Crippen molar-refractivity contribution in [3.8, 4) is 0 Å². The smallest absolute Gasteiger partial charge is 0.270 e. The fourth-order valence-electron chi connectivity index (χ4n) is 3.33. The Morgan fingerprint density at radius 3 is 2.89 bits per heavy atom. The minimum atomic E-state index is -0.693. The van der Waals surface area contributed by atoms with Gasteiger partial charge in [0.2, 0.25) is 11.8 Å². The number of aryl methyl sites for hydroxylation is 3. The number of nitrogens with zero attached hydrogens (tertiary/aromatic N) is 2. The highest BCUT2D eigenvalue weighted by atomic mass is 32.1. The van der Waals surface area contributed by atoms with Crippen LogP contribution in [0.5, 0.6) is 0 Å². The van der Waals surface area contributed by atoms with E-state index < -0.39 is 5.91 Å². The predicted octanol–water partition coefficient (Wildman–Crippen LogP) is 1.20. The molecule has 3 aromatic heterocycles. The van der Waals surface area contributed by atoms with Crippen LogP contribution in [0.25, 0.3) is 10.2 Å². The van der Waals surface area contributed by atoms with Gasteiger partial charge >= 0.3 is 0 Å². The lowest BCUT2D eigenvalue weighted by atomic mass is 9.97. The largest absolute Gasteiger partial charge is 0.446 e. The molecule has 0 bridgehead atoms. The number of amides is 2. The molecule has 0 spiro atoms. The van der Waals surface area contributed by atoms with E-state index in [0.29, 0.717) is 17.6 Å². The first-order valence-electron chi connectivity index (χ1n) is 9.05. The molecule has 0 radical (unpaired) electrons. The van der Waals surface area contributed by atoms with Gasteiger partial charge in [-0.15, -0.1) is 11.3 Å². The molecule has 1 aliphatic carbocycles. The average molecular weight is 401 g/mol. The van der Waals surface area contributed by atoms with E-state index in [1.54, 1.807) is 11.3 Å². The molecule has 3 aromatic rings. The number of fused-ring (bicyclic) bond motifs is 3. The number of aromatic amines is 1. The van der Waals surface area contributed by atoms with Gasteiger partial charge in [-0.25, -0.2) is 9.97 Å². The molecule has 28 heavy (non-hydrogen) atoms. The molecule has 2 amide bonds. The van der Waals surface area contributed by atoms with E-state index in [0.717, 1.165) is 42.3 Å². The van der Waals surface area contributed by atoms with Crippen LogP contribution in [0.2, 0.25) is 0 Å². The summed E-state index contributed by atoms with van der Waals surface area (Å²) in [6.45, 7) is 0.0484. The van der Waals surface area contributed by atoms with Crippen molar-refractivity contribution in [1.82, 2.24) is 20.3 Å². The Balaban J connectivity index is 1.38. The van der Waals surface area contributed by atoms with Crippen molar-refractivity contribution in [3.05, 3.63) is 44.5 Å². The average Bonchev–Trinajstić information content (AvgIpc) is 3.29. The van der Waals surface area contributed by atoms with Gasteiger partial charge < -0.3 is 20.5 Å². The lowest BCUT2D eigenvalue weighted by Gasteiger charge is -2.09. The van der Waals surface area contributed by atoms with Crippen LogP contribution < -0.4 is 16.6 Å². The van der Waals surface area contributed by atoms with Crippen molar-refractivity contribution < 1.29 is 14.0 Å². The van der Waals surface area contributed by atoms with E-state index in [9.17, 15) is 14.4 Å². The lowest BCUT2D eigenvalue weighted by molar-refractivity contribution is -0.121. The molecule has 3 heterocycles. The first-order chi connectivity index (χ1) is 13.5. The van der Waals surface area contributed by atoms with Crippen LogP contribution in [0.3, 0.4) is 0 Å². The van der Waals surface area contributed by atoms with Crippen molar-refractivity contribution in [1.29, 1.82) is 0 Å². The van der Waals surface area contributed by atoms with E-state index in [1.165, 1.54) is 4.88 Å². The fourth-order valence-corrected chi connectivity index (χ4v) is 4.61. The molecule has 0 saturated heterocycles. The third kappa shape index (κ3) is 3.68. The number of hydrogen-bond acceptors (Lipinski definition) is 7. The highest BCUT2D eigenvalue weighted by Gasteiger charge is 2.20. The van der Waals surface area contributed by atoms with Crippen molar-refractivity contribution in [2.75, 3.05) is 0 Å². The zero-order chi connectivity index (χ0) is 19.7. The topological polar surface area (TPSA) is 144 Å². The standard InChI is InChI=1S/C18H19N5O4S/c19-16(25)10-8-27-14(21-10)7-20-13(24)6-5-12-22-17(26)15-9-3-1-2-4-11(9)28-18(15)23-12/h8H,1-7H2,(H2,19,25)(H,20,24)(H,22,23,26). The molecule has 4 rings (SSSR count). The number of H-pyrrole nitrogens is 1. The normalized spacial score (nSPS) is 13.4. The molecule has 0 aliphatic heterocycles. The predicted molar refractivity (Wildman–Crippen MR) is 102 cm³/mol. The number of thiophene rings is 1. The van der Waals surface area contributed by atoms with E-state index in [1.807, 2.05) is 0 Å². The minimum absolute atomic E-state index is 0.0120. The van der Waals surface area contributed by atoms with E-state index in [-0.39, 0.29) is 36.0 Å². The monoisotopic (exact) mass is 401 g/mol. The number of primary amides is 1. The SMILES string of the molecule is NC(=O)c1coc(CNC(=O)CCc2nc3sc4c(c3c(=O)[nH]2)CCCC4)n1. The van der Waals surface area contributed by atoms with Crippen LogP contribution in [0, 0.1) is 0 Å². The van der Waals surface area contributed by atoms with Crippen LogP contribution in [0.1, 0.15) is 51.9 Å². The molecule has 0 aromatic carbocycles. The summed E-state index contributed by atoms with van der Waals surface area (Å²) < 4.78 is 5.06. The second kappa shape index (κ2) is 7.55. The summed E-state index contributed by atoms with van der Waals surface area (Å²) in [7, 11) is 0. The summed E-state index contributed by atoms with van der Waals surface area (Å²) in [4.78, 5) is 48.8. The molecular formula is C18H19N5O4S. The van der Waals surface area contributed by atoms with Crippen molar-refractivity contribution in [3.63, 3.8) is 0 Å². The molecule has 0 atom stereocenters. The molecule has 4 N–H and O–H groups in total. The van der Waals surface area contributed by atoms with Gasteiger partial charge in [-0.2, -0.15) is 0 Å². The Morgan fingerprint density at radius 1 is 1.29 bits per heavy atom. The number of nitrogens with one attached hydrogen (secondary N) is 2. The third-order valence-electron chi connectivity index (χ3n) is 4.70. The number of aromatic nitrogens is 3. The number of carbonyl (C=O) groups is 2. The summed E-state index contributed by atoms with van der Waals surface area (Å²) in [6.07, 6.45) is 5.81. The molecule has 1 aliphatic rings. The number of hydrogen-bond donors (Lipinski definition) is 3. The number of carbonyl (C=O) groups excluding carboxylic acids is 2. The molecule has 146 valence electrons. The van der Waals surface area contributed by atoms with Gasteiger partial charge in [-0.05, 0) is 31.2 Å². The van der Waals surface area contributed by atoms with E-state index >= 15 is 0 Å². The lowest BCUT2D eigenvalue weighted by Crippen LogP contribution is -2.24. The molecule has 10 heteroatoms. The second-order valence-electron chi connectivity index (χ2n) is 6.67. The van der Waals surface area contributed by atoms with Gasteiger partial charge in [0.1, 0.15) is 16.9 Å². The Labute approximate surface area is 163 Å². The van der Waals surface area contributed by atoms with Crippen LogP contribution >= 0.6 is 11.3 Å². The number of nitrogens with two attached hydrogens (primary N) is 1. The van der Waals surface area contributed by atoms with Crippen LogP contribution in [0.15, 0.2) is 15.5 Å². The third-order valence-corrected chi connectivity index (χ3v) is 5.89. The Kier molecular flexibility index (Phi) is 4.95. The molecule has 0 saturated carbocycles. The van der Waals surface area contributed by atoms with Crippen molar-refractivity contribution >= 4 is 33.4 Å². The highest BCUT2D eigenvalue weighted by Crippen LogP contribution is 2.33. The Bertz CT molecular complexity index is 1110. The van der Waals surface area contributed by atoms with Crippen molar-refractivity contribution in [2.45, 2.75) is 45.1 Å². The summed E-state index contributed by atoms with van der Waals surface area (Å²) in [5, 5.41) is 3.36. The van der Waals surface area contributed by atoms with Crippen LogP contribution in [0.4, 0.5) is 0 Å². The van der Waals surface area contributed by atoms with Crippen LogP contribution in [-0.2, 0) is 30.6 Å². The maximum atomic E-state index is 12.5. The van der Waals surface area contributed by atoms with E-state index in [4.69, 9.17) is 10.2 Å². The number of rotatable bonds is 6. The molecule has 0 unspecified atom stereocenters. The van der Waals surface area contributed by atoms with Gasteiger partial charge in [-0.1, -0.05) is 0 Å². The minimum Gasteiger partial charge on any atom is -0.446 e.